The number of thioether (sulfide) groups is 1. The Balaban J connectivity index is 1.56. The Morgan fingerprint density at radius 1 is 1.38 bits per heavy atom. The molecule has 1 aliphatic heterocycles. The van der Waals surface area contributed by atoms with Crippen molar-refractivity contribution in [1.29, 1.82) is 0 Å². The Bertz CT molecular complexity index is 760. The maximum atomic E-state index is 12.5. The highest BCUT2D eigenvalue weighted by molar-refractivity contribution is 7.99. The van der Waals surface area contributed by atoms with Crippen molar-refractivity contribution in [3.8, 4) is 0 Å². The fourth-order valence-corrected chi connectivity index (χ4v) is 3.87. The molecule has 1 N–H and O–H groups in total. The van der Waals surface area contributed by atoms with Gasteiger partial charge in [-0.05, 0) is 30.9 Å². The van der Waals surface area contributed by atoms with E-state index >= 15 is 0 Å². The summed E-state index contributed by atoms with van der Waals surface area (Å²) in [5.41, 5.74) is 1.46. The van der Waals surface area contributed by atoms with Gasteiger partial charge >= 0.3 is 0 Å². The number of aromatic amines is 1. The number of rotatable bonds is 5. The summed E-state index contributed by atoms with van der Waals surface area (Å²) in [6, 6.07) is 10.9. The van der Waals surface area contributed by atoms with E-state index in [0.29, 0.717) is 11.1 Å². The van der Waals surface area contributed by atoms with Crippen LogP contribution in [0.4, 0.5) is 0 Å². The zero-order valence-electron chi connectivity index (χ0n) is 13.7. The van der Waals surface area contributed by atoms with Crippen LogP contribution in [0.15, 0.2) is 46.3 Å². The molecule has 1 amide bonds. The Labute approximate surface area is 145 Å². The molecule has 1 atom stereocenters. The predicted molar refractivity (Wildman–Crippen MR) is 95.4 cm³/mol. The summed E-state index contributed by atoms with van der Waals surface area (Å²) in [6.45, 7) is 3.54. The molecule has 1 aliphatic rings. The molecule has 0 bridgehead atoms. The van der Waals surface area contributed by atoms with Gasteiger partial charge in [-0.1, -0.05) is 36.9 Å². The van der Waals surface area contributed by atoms with Crippen LogP contribution in [-0.2, 0) is 6.42 Å². The molecular formula is C18H21N3O2S. The lowest BCUT2D eigenvalue weighted by molar-refractivity contribution is 0.0788. The Morgan fingerprint density at radius 2 is 2.17 bits per heavy atom. The topological polar surface area (TPSA) is 66.1 Å². The highest BCUT2D eigenvalue weighted by Crippen LogP contribution is 2.24. The highest BCUT2D eigenvalue weighted by Gasteiger charge is 2.27. The second kappa shape index (κ2) is 7.66. The molecule has 1 fully saturated rings. The van der Waals surface area contributed by atoms with E-state index in [0.717, 1.165) is 42.9 Å². The molecule has 0 saturated carbocycles. The van der Waals surface area contributed by atoms with Gasteiger partial charge in [0.15, 0.2) is 5.16 Å². The van der Waals surface area contributed by atoms with E-state index in [2.05, 4.69) is 9.97 Å². The molecule has 2 heterocycles. The minimum absolute atomic E-state index is 0.0996. The summed E-state index contributed by atoms with van der Waals surface area (Å²) in [6.07, 6.45) is 1.74. The summed E-state index contributed by atoms with van der Waals surface area (Å²) >= 11 is 1.57. The van der Waals surface area contributed by atoms with Crippen molar-refractivity contribution in [3.63, 3.8) is 0 Å². The van der Waals surface area contributed by atoms with Crippen LogP contribution < -0.4 is 5.56 Å². The van der Waals surface area contributed by atoms with Crippen LogP contribution in [0.25, 0.3) is 0 Å². The minimum Gasteiger partial charge on any atom is -0.338 e. The van der Waals surface area contributed by atoms with Crippen molar-refractivity contribution >= 4 is 17.7 Å². The van der Waals surface area contributed by atoms with Crippen molar-refractivity contribution in [2.75, 3.05) is 18.8 Å². The Kier molecular flexibility index (Phi) is 5.35. The van der Waals surface area contributed by atoms with Gasteiger partial charge in [0.2, 0.25) is 0 Å². The molecule has 0 unspecified atom stereocenters. The monoisotopic (exact) mass is 343 g/mol. The molecule has 126 valence electrons. The molecule has 0 aliphatic carbocycles. The normalized spacial score (nSPS) is 17.2. The van der Waals surface area contributed by atoms with E-state index in [1.165, 1.54) is 0 Å². The van der Waals surface area contributed by atoms with E-state index < -0.39 is 0 Å². The number of aromatic nitrogens is 2. The summed E-state index contributed by atoms with van der Waals surface area (Å²) in [5, 5.41) is 0.673. The molecule has 5 nitrogen and oxygen atoms in total. The first-order valence-corrected chi connectivity index (χ1v) is 9.21. The quantitative estimate of drug-likeness (QED) is 0.669. The summed E-state index contributed by atoms with van der Waals surface area (Å²) in [4.78, 5) is 33.2. The van der Waals surface area contributed by atoms with Gasteiger partial charge in [-0.2, -0.15) is 0 Å². The fraction of sp³-hybridized carbons (Fsp3) is 0.389. The van der Waals surface area contributed by atoms with Gasteiger partial charge in [0.05, 0.1) is 0 Å². The van der Waals surface area contributed by atoms with E-state index in [1.54, 1.807) is 17.8 Å². The number of likely N-dealkylation sites (tertiary alicyclic amines) is 1. The standard InChI is InChI=1S/C18H21N3O2S/c1-2-15-10-16(22)20-18(19-15)24-12-13-8-9-21(11-13)17(23)14-6-4-3-5-7-14/h3-7,10,13H,2,8-9,11-12H2,1H3,(H,19,20,22)/t13-/m0/s1. The first kappa shape index (κ1) is 16.8. The number of nitrogens with one attached hydrogen (secondary N) is 1. The maximum Gasteiger partial charge on any atom is 0.253 e. The first-order chi connectivity index (χ1) is 11.7. The van der Waals surface area contributed by atoms with Crippen molar-refractivity contribution < 1.29 is 4.79 Å². The number of aryl methyl sites for hydroxylation is 1. The van der Waals surface area contributed by atoms with Crippen molar-refractivity contribution in [2.24, 2.45) is 5.92 Å². The zero-order chi connectivity index (χ0) is 16.9. The number of amides is 1. The van der Waals surface area contributed by atoms with Gasteiger partial charge in [0.25, 0.3) is 11.5 Å². The molecule has 1 aromatic carbocycles. The Morgan fingerprint density at radius 3 is 2.92 bits per heavy atom. The van der Waals surface area contributed by atoms with Gasteiger partial charge in [-0.25, -0.2) is 4.98 Å². The second-order valence-electron chi connectivity index (χ2n) is 5.98. The maximum absolute atomic E-state index is 12.5. The lowest BCUT2D eigenvalue weighted by Gasteiger charge is -2.16. The summed E-state index contributed by atoms with van der Waals surface area (Å²) in [7, 11) is 0. The van der Waals surface area contributed by atoms with Crippen LogP contribution >= 0.6 is 11.8 Å². The number of hydrogen-bond acceptors (Lipinski definition) is 4. The number of benzene rings is 1. The van der Waals surface area contributed by atoms with Crippen LogP contribution in [-0.4, -0.2) is 39.6 Å². The van der Waals surface area contributed by atoms with Crippen LogP contribution in [0.2, 0.25) is 0 Å². The van der Waals surface area contributed by atoms with E-state index in [9.17, 15) is 9.59 Å². The molecule has 1 saturated heterocycles. The van der Waals surface area contributed by atoms with Gasteiger partial charge in [0.1, 0.15) is 0 Å². The number of nitrogens with zero attached hydrogens (tertiary/aromatic N) is 2. The molecule has 6 heteroatoms. The van der Waals surface area contributed by atoms with Crippen molar-refractivity contribution in [3.05, 3.63) is 58.0 Å². The lowest BCUT2D eigenvalue weighted by atomic mass is 10.1. The third-order valence-electron chi connectivity index (χ3n) is 4.18. The van der Waals surface area contributed by atoms with Crippen LogP contribution in [0.3, 0.4) is 0 Å². The molecule has 0 spiro atoms. The summed E-state index contributed by atoms with van der Waals surface area (Å²) in [5.74, 6) is 1.38. The SMILES string of the molecule is CCc1cc(=O)[nH]c(SC[C@H]2CCN(C(=O)c3ccccc3)C2)n1. The van der Waals surface area contributed by atoms with Gasteiger partial charge in [-0.3, -0.25) is 9.59 Å². The third kappa shape index (κ3) is 4.06. The van der Waals surface area contributed by atoms with Crippen LogP contribution in [0.1, 0.15) is 29.4 Å². The number of hydrogen-bond donors (Lipinski definition) is 1. The van der Waals surface area contributed by atoms with Crippen LogP contribution in [0.5, 0.6) is 0 Å². The molecule has 0 radical (unpaired) electrons. The van der Waals surface area contributed by atoms with Crippen molar-refractivity contribution in [2.45, 2.75) is 24.9 Å². The zero-order valence-corrected chi connectivity index (χ0v) is 14.5. The predicted octanol–water partition coefficient (Wildman–Crippen LogP) is 2.59. The molecule has 2 aromatic rings. The second-order valence-corrected chi connectivity index (χ2v) is 6.99. The van der Waals surface area contributed by atoms with Crippen molar-refractivity contribution in [1.82, 2.24) is 14.9 Å². The van der Waals surface area contributed by atoms with Gasteiger partial charge < -0.3 is 9.88 Å². The van der Waals surface area contributed by atoms with E-state index in [1.807, 2.05) is 42.2 Å². The van der Waals surface area contributed by atoms with E-state index in [-0.39, 0.29) is 11.5 Å². The average Bonchev–Trinajstić information content (AvgIpc) is 3.08. The fourth-order valence-electron chi connectivity index (χ4n) is 2.85. The number of H-pyrrole nitrogens is 1. The highest BCUT2D eigenvalue weighted by atomic mass is 32.2. The largest absolute Gasteiger partial charge is 0.338 e. The molecule has 1 aromatic heterocycles. The van der Waals surface area contributed by atoms with Gasteiger partial charge in [0, 0.05) is 36.2 Å². The van der Waals surface area contributed by atoms with Gasteiger partial charge in [-0.15, -0.1) is 0 Å². The first-order valence-electron chi connectivity index (χ1n) is 8.23. The minimum atomic E-state index is -0.100. The average molecular weight is 343 g/mol. The summed E-state index contributed by atoms with van der Waals surface area (Å²) < 4.78 is 0. The molecular weight excluding hydrogens is 322 g/mol. The van der Waals surface area contributed by atoms with Crippen LogP contribution in [0, 0.1) is 5.92 Å². The number of carbonyl (C=O) groups is 1. The van der Waals surface area contributed by atoms with E-state index in [4.69, 9.17) is 0 Å². The smallest absolute Gasteiger partial charge is 0.253 e. The molecule has 24 heavy (non-hydrogen) atoms. The Hall–Kier alpha value is -2.08. The number of carbonyl (C=O) groups excluding carboxylic acids is 1. The molecule has 3 rings (SSSR count). The third-order valence-corrected chi connectivity index (χ3v) is 5.29. The lowest BCUT2D eigenvalue weighted by Crippen LogP contribution is -2.28.